The fourth-order valence-electron chi connectivity index (χ4n) is 4.31. The Hall–Kier alpha value is -2.84. The van der Waals surface area contributed by atoms with E-state index >= 15 is 0 Å². The Morgan fingerprint density at radius 3 is 2.79 bits per heavy atom. The van der Waals surface area contributed by atoms with Gasteiger partial charge in [-0.2, -0.15) is 0 Å². The predicted molar refractivity (Wildman–Crippen MR) is 132 cm³/mol. The number of anilines is 1. The number of fused-ring (bicyclic) bond motifs is 1. The molecular weight excluding hydrogens is 454 g/mol. The van der Waals surface area contributed by atoms with E-state index in [1.165, 1.54) is 37.6 Å². The lowest BCUT2D eigenvalue weighted by Gasteiger charge is -2.30. The first-order valence-electron chi connectivity index (χ1n) is 11.8. The first-order chi connectivity index (χ1) is 16.4. The van der Waals surface area contributed by atoms with Crippen LogP contribution in [0.2, 0.25) is 5.02 Å². The van der Waals surface area contributed by atoms with E-state index in [1.807, 2.05) is 12.1 Å². The summed E-state index contributed by atoms with van der Waals surface area (Å²) in [7, 11) is 1.49. The molecule has 2 aliphatic rings. The molecule has 2 heterocycles. The molecule has 0 unspecified atom stereocenters. The predicted octanol–water partition coefficient (Wildman–Crippen LogP) is 3.55. The van der Waals surface area contributed by atoms with Crippen LogP contribution in [0.25, 0.3) is 0 Å². The number of nitrogens with one attached hydrogen (secondary N) is 1. The maximum Gasteiger partial charge on any atom is 0.407 e. The van der Waals surface area contributed by atoms with Gasteiger partial charge in [0.25, 0.3) is 0 Å². The molecule has 1 aromatic heterocycles. The number of likely N-dealkylation sites (N-methyl/N-ethyl adjacent to an activating group) is 1. The van der Waals surface area contributed by atoms with Crippen LogP contribution in [-0.4, -0.2) is 76.6 Å². The molecule has 0 spiro atoms. The van der Waals surface area contributed by atoms with Crippen LogP contribution in [-0.2, 0) is 24.3 Å². The van der Waals surface area contributed by atoms with Gasteiger partial charge >= 0.3 is 6.09 Å². The Balaban J connectivity index is 1.41. The van der Waals surface area contributed by atoms with Crippen molar-refractivity contribution in [1.29, 1.82) is 0 Å². The molecule has 2 aromatic rings. The normalized spacial score (nSPS) is 15.5. The molecule has 0 bridgehead atoms. The summed E-state index contributed by atoms with van der Waals surface area (Å²) in [4.78, 5) is 34.0. The average molecular weight is 486 g/mol. The van der Waals surface area contributed by atoms with E-state index in [0.29, 0.717) is 10.7 Å². The minimum atomic E-state index is -1.03. The first kappa shape index (κ1) is 24.3. The number of carbonyl (C=O) groups excluding carboxylic acids is 1. The van der Waals surface area contributed by atoms with Gasteiger partial charge < -0.3 is 20.2 Å². The second-order valence-electron chi connectivity index (χ2n) is 9.18. The SMILES string of the molecule is CN(CCN(Cc1ncccc1Cl)C(=O)CNc1cccc2c1CCN(CC1CC1)C2)C(=O)O. The molecule has 1 aliphatic carbocycles. The molecule has 182 valence electrons. The number of hydrogen-bond acceptors (Lipinski definition) is 5. The zero-order valence-corrected chi connectivity index (χ0v) is 20.3. The number of nitrogens with zero attached hydrogens (tertiary/aromatic N) is 4. The Morgan fingerprint density at radius 1 is 1.24 bits per heavy atom. The molecule has 2 amide bonds. The number of carboxylic acid groups (broad SMARTS) is 1. The van der Waals surface area contributed by atoms with Gasteiger partial charge in [0.15, 0.2) is 0 Å². The fourth-order valence-corrected chi connectivity index (χ4v) is 4.49. The molecule has 1 aromatic carbocycles. The lowest BCUT2D eigenvalue weighted by atomic mass is 9.97. The Morgan fingerprint density at radius 2 is 2.06 bits per heavy atom. The number of hydrogen-bond donors (Lipinski definition) is 2. The van der Waals surface area contributed by atoms with E-state index in [1.54, 1.807) is 23.2 Å². The zero-order valence-electron chi connectivity index (χ0n) is 19.5. The second kappa shape index (κ2) is 11.1. The summed E-state index contributed by atoms with van der Waals surface area (Å²) in [6.45, 7) is 3.97. The van der Waals surface area contributed by atoms with Crippen LogP contribution in [0.15, 0.2) is 36.5 Å². The monoisotopic (exact) mass is 485 g/mol. The third-order valence-corrected chi connectivity index (χ3v) is 6.89. The highest BCUT2D eigenvalue weighted by Crippen LogP contribution is 2.32. The standard InChI is InChI=1S/C25H32ClN5O3/c1-29(25(33)34)12-13-31(17-23-21(26)5-3-10-27-23)24(32)14-28-22-6-2-4-19-16-30(11-9-20(19)22)15-18-7-8-18/h2-6,10,18,28H,7-9,11-17H2,1H3,(H,33,34). The van der Waals surface area contributed by atoms with Gasteiger partial charge in [-0.25, -0.2) is 4.79 Å². The van der Waals surface area contributed by atoms with Crippen LogP contribution in [0.3, 0.4) is 0 Å². The van der Waals surface area contributed by atoms with E-state index in [0.717, 1.165) is 36.0 Å². The number of benzene rings is 1. The number of amides is 2. The number of pyridine rings is 1. The van der Waals surface area contributed by atoms with E-state index in [2.05, 4.69) is 21.3 Å². The van der Waals surface area contributed by atoms with Crippen molar-refractivity contribution in [3.8, 4) is 0 Å². The highest BCUT2D eigenvalue weighted by molar-refractivity contribution is 6.31. The number of halogens is 1. The van der Waals surface area contributed by atoms with Crippen LogP contribution in [0.5, 0.6) is 0 Å². The van der Waals surface area contributed by atoms with Crippen molar-refractivity contribution in [1.82, 2.24) is 19.7 Å². The molecule has 34 heavy (non-hydrogen) atoms. The van der Waals surface area contributed by atoms with Crippen LogP contribution in [0, 0.1) is 5.92 Å². The summed E-state index contributed by atoms with van der Waals surface area (Å²) in [5.41, 5.74) is 4.19. The van der Waals surface area contributed by atoms with Crippen molar-refractivity contribution < 1.29 is 14.7 Å². The first-order valence-corrected chi connectivity index (χ1v) is 12.2. The van der Waals surface area contributed by atoms with Gasteiger partial charge in [-0.05, 0) is 54.5 Å². The van der Waals surface area contributed by atoms with Crippen molar-refractivity contribution in [3.63, 3.8) is 0 Å². The van der Waals surface area contributed by atoms with E-state index in [9.17, 15) is 14.7 Å². The third-order valence-electron chi connectivity index (χ3n) is 6.55. The fraction of sp³-hybridized carbons (Fsp3) is 0.480. The lowest BCUT2D eigenvalue weighted by molar-refractivity contribution is -0.130. The lowest BCUT2D eigenvalue weighted by Crippen LogP contribution is -2.41. The van der Waals surface area contributed by atoms with E-state index in [-0.39, 0.29) is 32.1 Å². The summed E-state index contributed by atoms with van der Waals surface area (Å²) < 4.78 is 0. The largest absolute Gasteiger partial charge is 0.465 e. The second-order valence-corrected chi connectivity index (χ2v) is 9.58. The van der Waals surface area contributed by atoms with Crippen molar-refractivity contribution in [3.05, 3.63) is 58.4 Å². The Labute approximate surface area is 205 Å². The van der Waals surface area contributed by atoms with Gasteiger partial charge in [-0.1, -0.05) is 23.7 Å². The number of carbonyl (C=O) groups is 2. The molecule has 4 rings (SSSR count). The van der Waals surface area contributed by atoms with Gasteiger partial charge in [0.2, 0.25) is 5.91 Å². The summed E-state index contributed by atoms with van der Waals surface area (Å²) in [6.07, 6.45) is 4.28. The highest BCUT2D eigenvalue weighted by Gasteiger charge is 2.27. The van der Waals surface area contributed by atoms with Crippen molar-refractivity contribution in [2.75, 3.05) is 45.1 Å². The van der Waals surface area contributed by atoms with Crippen LogP contribution in [0.4, 0.5) is 10.5 Å². The van der Waals surface area contributed by atoms with Gasteiger partial charge in [-0.15, -0.1) is 0 Å². The number of rotatable bonds is 10. The molecule has 0 saturated heterocycles. The molecule has 8 nitrogen and oxygen atoms in total. The van der Waals surface area contributed by atoms with Crippen LogP contribution in [0.1, 0.15) is 29.7 Å². The van der Waals surface area contributed by atoms with E-state index < -0.39 is 6.09 Å². The maximum atomic E-state index is 13.2. The van der Waals surface area contributed by atoms with Gasteiger partial charge in [-0.3, -0.25) is 14.7 Å². The van der Waals surface area contributed by atoms with Gasteiger partial charge in [0.1, 0.15) is 0 Å². The molecule has 9 heteroatoms. The highest BCUT2D eigenvalue weighted by atomic mass is 35.5. The van der Waals surface area contributed by atoms with Gasteiger partial charge in [0.05, 0.1) is 23.8 Å². The van der Waals surface area contributed by atoms with Crippen LogP contribution >= 0.6 is 11.6 Å². The zero-order chi connectivity index (χ0) is 24.1. The maximum absolute atomic E-state index is 13.2. The summed E-state index contributed by atoms with van der Waals surface area (Å²) in [5.74, 6) is 0.739. The quantitative estimate of drug-likeness (QED) is 0.535. The summed E-state index contributed by atoms with van der Waals surface area (Å²) in [5, 5.41) is 13.0. The van der Waals surface area contributed by atoms with Crippen molar-refractivity contribution in [2.24, 2.45) is 5.92 Å². The molecule has 1 fully saturated rings. The molecule has 0 radical (unpaired) electrons. The topological polar surface area (TPSA) is 89.0 Å². The van der Waals surface area contributed by atoms with Gasteiger partial charge in [0, 0.05) is 51.7 Å². The Kier molecular flexibility index (Phi) is 7.90. The average Bonchev–Trinajstić information content (AvgIpc) is 3.64. The molecule has 0 atom stereocenters. The number of aromatic nitrogens is 1. The summed E-state index contributed by atoms with van der Waals surface area (Å²) >= 11 is 6.26. The molecular formula is C25H32ClN5O3. The minimum Gasteiger partial charge on any atom is -0.465 e. The minimum absolute atomic E-state index is 0.115. The molecule has 2 N–H and O–H groups in total. The molecule has 1 aliphatic heterocycles. The van der Waals surface area contributed by atoms with Crippen molar-refractivity contribution >= 4 is 29.3 Å². The smallest absolute Gasteiger partial charge is 0.407 e. The van der Waals surface area contributed by atoms with E-state index in [4.69, 9.17) is 11.6 Å². The van der Waals surface area contributed by atoms with Crippen molar-refractivity contribution in [2.45, 2.75) is 32.4 Å². The Bertz CT molecular complexity index is 1030. The third kappa shape index (κ3) is 6.39. The molecule has 1 saturated carbocycles. The van der Waals surface area contributed by atoms with Crippen LogP contribution < -0.4 is 5.32 Å². The summed E-state index contributed by atoms with van der Waals surface area (Å²) in [6, 6.07) is 9.72.